The van der Waals surface area contributed by atoms with Crippen molar-refractivity contribution in [2.75, 3.05) is 18.5 Å². The van der Waals surface area contributed by atoms with Crippen LogP contribution < -0.4 is 16.0 Å². The summed E-state index contributed by atoms with van der Waals surface area (Å²) in [5.74, 6) is 0. The number of hydrogen-bond acceptors (Lipinski definition) is 2. The maximum atomic E-state index is 12.0. The Balaban J connectivity index is 2.86. The first-order chi connectivity index (χ1) is 8.72. The predicted molar refractivity (Wildman–Crippen MR) is 70.2 cm³/mol. The smallest absolute Gasteiger partial charge is 0.389 e. The molecular weight excluding hydrogens is 279 g/mol. The monoisotopic (exact) mass is 291 g/mol. The molecule has 0 aliphatic heterocycles. The topological polar surface area (TPSA) is 58.4 Å². The quantitative estimate of drug-likeness (QED) is 0.838. The van der Waals surface area contributed by atoms with E-state index in [2.05, 4.69) is 0 Å². The molecule has 0 saturated carbocycles. The first-order valence-corrected chi connectivity index (χ1v) is 5.60. The average Bonchev–Trinajstić information content (AvgIpc) is 2.34. The van der Waals surface area contributed by atoms with Crippen molar-refractivity contribution in [3.05, 3.63) is 29.8 Å². The summed E-state index contributed by atoms with van der Waals surface area (Å²) in [5.41, 5.74) is 6.25. The number of nitrogens with zero attached hydrogens (tertiary/aromatic N) is 1. The van der Waals surface area contributed by atoms with Crippen molar-refractivity contribution < 1.29 is 18.0 Å². The fourth-order valence-corrected chi connectivity index (χ4v) is 1.55. The third-order valence-electron chi connectivity index (χ3n) is 2.28. The minimum absolute atomic E-state index is 0.0612. The Morgan fingerprint density at radius 3 is 2.53 bits per heavy atom. The Bertz CT molecular complexity index is 490. The van der Waals surface area contributed by atoms with Gasteiger partial charge in [-0.05, 0) is 12.1 Å². The number of para-hydroxylation sites is 1. The Hall–Kier alpha value is -1.83. The van der Waals surface area contributed by atoms with Crippen LogP contribution in [0.25, 0.3) is 0 Å². The Kier molecular flexibility index (Phi) is 4.71. The number of carbonyl (C=O) groups excluding carboxylic acids is 1. The highest BCUT2D eigenvalue weighted by atomic mass is 32.1. The number of nitrogens with two attached hydrogens (primary N) is 1. The van der Waals surface area contributed by atoms with Crippen molar-refractivity contribution in [3.8, 4) is 0 Å². The second-order valence-corrected chi connectivity index (χ2v) is 4.15. The van der Waals surface area contributed by atoms with Crippen LogP contribution in [0.5, 0.6) is 0 Å². The minimum atomic E-state index is -4.46. The lowest BCUT2D eigenvalue weighted by molar-refractivity contribution is -0.122. The minimum Gasteiger partial charge on any atom is -0.389 e. The molecule has 104 valence electrons. The number of halogens is 3. The van der Waals surface area contributed by atoms with E-state index in [0.717, 1.165) is 4.90 Å². The third-order valence-corrected chi connectivity index (χ3v) is 2.50. The van der Waals surface area contributed by atoms with Crippen molar-refractivity contribution in [1.82, 2.24) is 5.32 Å². The highest BCUT2D eigenvalue weighted by molar-refractivity contribution is 7.80. The normalized spacial score (nSPS) is 10.9. The van der Waals surface area contributed by atoms with Gasteiger partial charge < -0.3 is 11.1 Å². The molecule has 0 heterocycles. The lowest BCUT2D eigenvalue weighted by Gasteiger charge is -2.21. The van der Waals surface area contributed by atoms with Crippen molar-refractivity contribution >= 4 is 28.9 Å². The first-order valence-electron chi connectivity index (χ1n) is 5.19. The van der Waals surface area contributed by atoms with E-state index in [1.165, 1.54) is 7.05 Å². The van der Waals surface area contributed by atoms with Crippen molar-refractivity contribution in [2.24, 2.45) is 5.73 Å². The van der Waals surface area contributed by atoms with Gasteiger partial charge in [-0.15, -0.1) is 0 Å². The summed E-state index contributed by atoms with van der Waals surface area (Å²) in [5, 5.41) is 1.76. The molecular formula is C11H12F3N3OS. The van der Waals surface area contributed by atoms with Crippen molar-refractivity contribution in [2.45, 2.75) is 6.18 Å². The Labute approximate surface area is 113 Å². The van der Waals surface area contributed by atoms with Crippen LogP contribution in [-0.4, -0.2) is 30.8 Å². The number of amides is 2. The van der Waals surface area contributed by atoms with Gasteiger partial charge in [-0.3, -0.25) is 4.90 Å². The molecule has 0 aliphatic rings. The van der Waals surface area contributed by atoms with Crippen LogP contribution >= 0.6 is 12.2 Å². The van der Waals surface area contributed by atoms with Crippen LogP contribution in [0.1, 0.15) is 5.56 Å². The Morgan fingerprint density at radius 2 is 2.00 bits per heavy atom. The molecule has 1 aromatic carbocycles. The molecule has 0 radical (unpaired) electrons. The summed E-state index contributed by atoms with van der Waals surface area (Å²) in [6, 6.07) is 5.54. The van der Waals surface area contributed by atoms with Crippen LogP contribution in [0.15, 0.2) is 24.3 Å². The number of alkyl halides is 3. The lowest BCUT2D eigenvalue weighted by atomic mass is 10.1. The average molecular weight is 291 g/mol. The fourth-order valence-electron chi connectivity index (χ4n) is 1.38. The van der Waals surface area contributed by atoms with Crippen LogP contribution in [0.4, 0.5) is 23.7 Å². The molecule has 2 amide bonds. The number of carbonyl (C=O) groups is 1. The Morgan fingerprint density at radius 1 is 1.42 bits per heavy atom. The first kappa shape index (κ1) is 15.2. The SMILES string of the molecule is CN(C(=O)NCC(F)(F)F)c1ccccc1C(N)=S. The van der Waals surface area contributed by atoms with E-state index in [0.29, 0.717) is 11.3 Å². The van der Waals surface area contributed by atoms with Gasteiger partial charge in [0.1, 0.15) is 11.5 Å². The van der Waals surface area contributed by atoms with Crippen molar-refractivity contribution in [3.63, 3.8) is 0 Å². The summed E-state index contributed by atoms with van der Waals surface area (Å²) in [6.07, 6.45) is -4.46. The highest BCUT2D eigenvalue weighted by Gasteiger charge is 2.28. The van der Waals surface area contributed by atoms with E-state index in [1.54, 1.807) is 29.6 Å². The number of nitrogens with one attached hydrogen (secondary N) is 1. The van der Waals surface area contributed by atoms with Gasteiger partial charge >= 0.3 is 12.2 Å². The second-order valence-electron chi connectivity index (χ2n) is 3.71. The van der Waals surface area contributed by atoms with Gasteiger partial charge in [0, 0.05) is 12.6 Å². The van der Waals surface area contributed by atoms with E-state index in [1.807, 2.05) is 0 Å². The third kappa shape index (κ3) is 4.40. The van der Waals surface area contributed by atoms with Gasteiger partial charge in [-0.2, -0.15) is 13.2 Å². The molecule has 19 heavy (non-hydrogen) atoms. The summed E-state index contributed by atoms with van der Waals surface area (Å²) < 4.78 is 36.0. The van der Waals surface area contributed by atoms with E-state index in [9.17, 15) is 18.0 Å². The zero-order valence-electron chi connectivity index (χ0n) is 9.99. The van der Waals surface area contributed by atoms with Gasteiger partial charge in [0.2, 0.25) is 0 Å². The summed E-state index contributed by atoms with van der Waals surface area (Å²) in [7, 11) is 1.34. The largest absolute Gasteiger partial charge is 0.405 e. The summed E-state index contributed by atoms with van der Waals surface area (Å²) in [4.78, 5) is 12.7. The molecule has 4 nitrogen and oxygen atoms in total. The maximum Gasteiger partial charge on any atom is 0.405 e. The predicted octanol–water partition coefficient (Wildman–Crippen LogP) is 2.03. The number of thiocarbonyl (C=S) groups is 1. The molecule has 1 aromatic rings. The zero-order chi connectivity index (χ0) is 14.6. The van der Waals surface area contributed by atoms with E-state index in [-0.39, 0.29) is 4.99 Å². The zero-order valence-corrected chi connectivity index (χ0v) is 10.8. The molecule has 0 aliphatic carbocycles. The van der Waals surface area contributed by atoms with Crippen LogP contribution in [0.3, 0.4) is 0 Å². The molecule has 0 saturated heterocycles. The number of benzene rings is 1. The van der Waals surface area contributed by atoms with Gasteiger partial charge in [-0.25, -0.2) is 4.79 Å². The number of rotatable bonds is 3. The van der Waals surface area contributed by atoms with E-state index in [4.69, 9.17) is 18.0 Å². The molecule has 0 spiro atoms. The van der Waals surface area contributed by atoms with Gasteiger partial charge in [-0.1, -0.05) is 24.4 Å². The van der Waals surface area contributed by atoms with Crippen molar-refractivity contribution in [1.29, 1.82) is 0 Å². The van der Waals surface area contributed by atoms with E-state index >= 15 is 0 Å². The summed E-state index contributed by atoms with van der Waals surface area (Å²) >= 11 is 4.82. The molecule has 8 heteroatoms. The molecule has 0 aromatic heterocycles. The molecule has 0 atom stereocenters. The molecule has 1 rings (SSSR count). The lowest BCUT2D eigenvalue weighted by Crippen LogP contribution is -2.42. The second kappa shape index (κ2) is 5.87. The van der Waals surface area contributed by atoms with Gasteiger partial charge in [0.15, 0.2) is 0 Å². The van der Waals surface area contributed by atoms with Gasteiger partial charge in [0.05, 0.1) is 5.69 Å². The standard InChI is InChI=1S/C11H12F3N3OS/c1-17(10(18)16-6-11(12,13)14)8-5-3-2-4-7(8)9(15)19/h2-5H,6H2,1H3,(H2,15,19)(H,16,18). The van der Waals surface area contributed by atoms with Gasteiger partial charge in [0.25, 0.3) is 0 Å². The fraction of sp³-hybridized carbons (Fsp3) is 0.273. The highest BCUT2D eigenvalue weighted by Crippen LogP contribution is 2.19. The molecule has 3 N–H and O–H groups in total. The molecule has 0 fully saturated rings. The number of hydrogen-bond donors (Lipinski definition) is 2. The van der Waals surface area contributed by atoms with Crippen LogP contribution in [-0.2, 0) is 0 Å². The van der Waals surface area contributed by atoms with Crippen LogP contribution in [0, 0.1) is 0 Å². The molecule has 0 bridgehead atoms. The van der Waals surface area contributed by atoms with E-state index < -0.39 is 18.8 Å². The maximum absolute atomic E-state index is 12.0. The number of urea groups is 1. The number of anilines is 1. The molecule has 0 unspecified atom stereocenters. The van der Waals surface area contributed by atoms with Crippen LogP contribution in [0.2, 0.25) is 0 Å². The summed E-state index contributed by atoms with van der Waals surface area (Å²) in [6.45, 7) is -1.40.